The number of halogens is 1. The van der Waals surface area contributed by atoms with Crippen LogP contribution >= 0.6 is 0 Å². The number of aromatic nitrogens is 2. The number of ether oxygens (including phenoxy) is 1. The van der Waals surface area contributed by atoms with E-state index < -0.39 is 5.82 Å². The zero-order valence-corrected chi connectivity index (χ0v) is 12.1. The van der Waals surface area contributed by atoms with Gasteiger partial charge in [-0.2, -0.15) is 0 Å². The minimum absolute atomic E-state index is 0.115. The van der Waals surface area contributed by atoms with Gasteiger partial charge in [-0.1, -0.05) is 6.92 Å². The molecule has 2 aromatic rings. The van der Waals surface area contributed by atoms with Crippen molar-refractivity contribution in [2.45, 2.75) is 19.9 Å². The summed E-state index contributed by atoms with van der Waals surface area (Å²) in [6.07, 6.45) is 1.01. The Balaban J connectivity index is 2.33. The minimum Gasteiger partial charge on any atom is -0.494 e. The number of methoxy groups -OCH3 is 1. The maximum Gasteiger partial charge on any atom is 0.251 e. The van der Waals surface area contributed by atoms with Crippen molar-refractivity contribution in [2.24, 2.45) is 0 Å². The molecule has 6 heteroatoms. The van der Waals surface area contributed by atoms with Gasteiger partial charge in [-0.15, -0.1) is 0 Å². The molecule has 0 saturated carbocycles. The fraction of sp³-hybridized carbons (Fsp3) is 0.333. The first-order chi connectivity index (χ1) is 10.1. The van der Waals surface area contributed by atoms with Crippen LogP contribution in [0.5, 0.6) is 5.75 Å². The third-order valence-electron chi connectivity index (χ3n) is 2.95. The van der Waals surface area contributed by atoms with Crippen LogP contribution in [-0.4, -0.2) is 23.6 Å². The summed E-state index contributed by atoms with van der Waals surface area (Å²) in [4.78, 5) is 18.7. The predicted molar refractivity (Wildman–Crippen MR) is 78.8 cm³/mol. The van der Waals surface area contributed by atoms with Crippen LogP contribution in [-0.2, 0) is 6.54 Å². The summed E-state index contributed by atoms with van der Waals surface area (Å²) < 4.78 is 18.4. The summed E-state index contributed by atoms with van der Waals surface area (Å²) >= 11 is 0. The van der Waals surface area contributed by atoms with Crippen LogP contribution in [0.1, 0.15) is 19.0 Å². The van der Waals surface area contributed by atoms with Crippen molar-refractivity contribution >= 4 is 0 Å². The third kappa shape index (κ3) is 3.88. The molecule has 5 nitrogen and oxygen atoms in total. The number of benzene rings is 1. The molecule has 0 aliphatic rings. The molecule has 112 valence electrons. The molecule has 1 aromatic carbocycles. The Kier molecular flexibility index (Phi) is 5.05. The van der Waals surface area contributed by atoms with Crippen molar-refractivity contribution in [2.75, 3.05) is 13.7 Å². The van der Waals surface area contributed by atoms with Gasteiger partial charge in [0.05, 0.1) is 12.8 Å². The molecule has 2 rings (SSSR count). The number of hydrogen-bond acceptors (Lipinski definition) is 4. The molecule has 0 aliphatic heterocycles. The van der Waals surface area contributed by atoms with Gasteiger partial charge in [0.2, 0.25) is 0 Å². The van der Waals surface area contributed by atoms with E-state index in [9.17, 15) is 9.18 Å². The molecule has 0 saturated heterocycles. The largest absolute Gasteiger partial charge is 0.494 e. The molecule has 0 aliphatic carbocycles. The number of aromatic amines is 1. The van der Waals surface area contributed by atoms with Crippen LogP contribution in [0.15, 0.2) is 29.1 Å². The quantitative estimate of drug-likeness (QED) is 0.800. The highest BCUT2D eigenvalue weighted by Crippen LogP contribution is 2.23. The molecule has 0 amide bonds. The Morgan fingerprint density at radius 2 is 2.19 bits per heavy atom. The summed E-state index contributed by atoms with van der Waals surface area (Å²) in [5, 5.41) is 3.19. The molecule has 0 fully saturated rings. The van der Waals surface area contributed by atoms with E-state index in [2.05, 4.69) is 22.2 Å². The number of hydrogen-bond donors (Lipinski definition) is 2. The van der Waals surface area contributed by atoms with E-state index in [0.29, 0.717) is 23.6 Å². The standard InChI is InChI=1S/C15H18FN3O2/c1-3-6-17-9-11-8-14(20)19-15(18-11)10-4-5-12(16)13(7-10)21-2/h4-5,7-8,17H,3,6,9H2,1-2H3,(H,18,19,20). The molecule has 0 unspecified atom stereocenters. The molecule has 0 radical (unpaired) electrons. The van der Waals surface area contributed by atoms with Crippen LogP contribution in [0.3, 0.4) is 0 Å². The number of nitrogens with zero attached hydrogens (tertiary/aromatic N) is 1. The third-order valence-corrected chi connectivity index (χ3v) is 2.95. The molecular weight excluding hydrogens is 273 g/mol. The summed E-state index contributed by atoms with van der Waals surface area (Å²) in [6, 6.07) is 5.80. The summed E-state index contributed by atoms with van der Waals surface area (Å²) in [7, 11) is 1.39. The normalized spacial score (nSPS) is 10.6. The SMILES string of the molecule is CCCNCc1cc(=O)[nH]c(-c2ccc(F)c(OC)c2)n1. The highest BCUT2D eigenvalue weighted by molar-refractivity contribution is 5.57. The van der Waals surface area contributed by atoms with Crippen LogP contribution in [0.4, 0.5) is 4.39 Å². The average molecular weight is 291 g/mol. The first-order valence-electron chi connectivity index (χ1n) is 6.79. The van der Waals surface area contributed by atoms with Crippen molar-refractivity contribution < 1.29 is 9.13 Å². The first kappa shape index (κ1) is 15.2. The molecule has 0 atom stereocenters. The van der Waals surface area contributed by atoms with E-state index in [1.54, 1.807) is 6.07 Å². The molecule has 0 bridgehead atoms. The van der Waals surface area contributed by atoms with Crippen LogP contribution in [0, 0.1) is 5.82 Å². The molecule has 1 aromatic heterocycles. The van der Waals surface area contributed by atoms with E-state index >= 15 is 0 Å². The van der Waals surface area contributed by atoms with Gasteiger partial charge in [-0.05, 0) is 31.2 Å². The summed E-state index contributed by atoms with van der Waals surface area (Å²) in [5.74, 6) is 0.0584. The van der Waals surface area contributed by atoms with Crippen molar-refractivity contribution in [1.29, 1.82) is 0 Å². The zero-order chi connectivity index (χ0) is 15.2. The van der Waals surface area contributed by atoms with Crippen molar-refractivity contribution in [1.82, 2.24) is 15.3 Å². The second kappa shape index (κ2) is 6.99. The highest BCUT2D eigenvalue weighted by atomic mass is 19.1. The van der Waals surface area contributed by atoms with Gasteiger partial charge in [0.15, 0.2) is 11.6 Å². The van der Waals surface area contributed by atoms with Crippen molar-refractivity contribution in [3.63, 3.8) is 0 Å². The highest BCUT2D eigenvalue weighted by Gasteiger charge is 2.08. The molecular formula is C15H18FN3O2. The lowest BCUT2D eigenvalue weighted by molar-refractivity contribution is 0.386. The van der Waals surface area contributed by atoms with E-state index in [1.165, 1.54) is 25.3 Å². The Labute approximate surface area is 122 Å². The number of nitrogens with one attached hydrogen (secondary N) is 2. The van der Waals surface area contributed by atoms with Gasteiger partial charge in [0.1, 0.15) is 5.82 Å². The molecule has 21 heavy (non-hydrogen) atoms. The van der Waals surface area contributed by atoms with E-state index in [0.717, 1.165) is 13.0 Å². The lowest BCUT2D eigenvalue weighted by atomic mass is 10.2. The lowest BCUT2D eigenvalue weighted by Gasteiger charge is -2.07. The fourth-order valence-electron chi connectivity index (χ4n) is 1.94. The fourth-order valence-corrected chi connectivity index (χ4v) is 1.94. The van der Waals surface area contributed by atoms with E-state index in [4.69, 9.17) is 4.74 Å². The summed E-state index contributed by atoms with van der Waals surface area (Å²) in [6.45, 7) is 3.44. The Bertz CT molecular complexity index is 670. The predicted octanol–water partition coefficient (Wildman–Crippen LogP) is 2.08. The second-order valence-electron chi connectivity index (χ2n) is 4.61. The monoisotopic (exact) mass is 291 g/mol. The van der Waals surface area contributed by atoms with E-state index in [1.807, 2.05) is 0 Å². The van der Waals surface area contributed by atoms with E-state index in [-0.39, 0.29) is 11.3 Å². The van der Waals surface area contributed by atoms with Crippen LogP contribution < -0.4 is 15.6 Å². The number of rotatable bonds is 6. The summed E-state index contributed by atoms with van der Waals surface area (Å²) in [5.41, 5.74) is 1.00. The smallest absolute Gasteiger partial charge is 0.251 e. The first-order valence-corrected chi connectivity index (χ1v) is 6.79. The Hall–Kier alpha value is -2.21. The molecule has 1 heterocycles. The maximum absolute atomic E-state index is 13.4. The second-order valence-corrected chi connectivity index (χ2v) is 4.61. The van der Waals surface area contributed by atoms with Gasteiger partial charge in [-0.25, -0.2) is 9.37 Å². The zero-order valence-electron chi connectivity index (χ0n) is 12.1. The minimum atomic E-state index is -0.454. The van der Waals surface area contributed by atoms with Crippen LogP contribution in [0.25, 0.3) is 11.4 Å². The molecule has 2 N–H and O–H groups in total. The topological polar surface area (TPSA) is 67.0 Å². The average Bonchev–Trinajstić information content (AvgIpc) is 2.47. The van der Waals surface area contributed by atoms with Gasteiger partial charge < -0.3 is 15.0 Å². The van der Waals surface area contributed by atoms with Gasteiger partial charge in [-0.3, -0.25) is 4.79 Å². The molecule has 0 spiro atoms. The Morgan fingerprint density at radius 3 is 2.90 bits per heavy atom. The van der Waals surface area contributed by atoms with Crippen molar-refractivity contribution in [3.8, 4) is 17.1 Å². The number of H-pyrrole nitrogens is 1. The maximum atomic E-state index is 13.4. The lowest BCUT2D eigenvalue weighted by Crippen LogP contribution is -2.18. The van der Waals surface area contributed by atoms with Gasteiger partial charge in [0, 0.05) is 18.2 Å². The van der Waals surface area contributed by atoms with Crippen molar-refractivity contribution in [3.05, 3.63) is 46.1 Å². The van der Waals surface area contributed by atoms with Gasteiger partial charge in [0.25, 0.3) is 5.56 Å². The van der Waals surface area contributed by atoms with Crippen LogP contribution in [0.2, 0.25) is 0 Å². The van der Waals surface area contributed by atoms with Gasteiger partial charge >= 0.3 is 0 Å². The Morgan fingerprint density at radius 1 is 1.38 bits per heavy atom.